The van der Waals surface area contributed by atoms with E-state index >= 15 is 0 Å². The molecular formula is C11H21N3O3. The molecule has 1 fully saturated rings. The molecule has 0 aromatic rings. The molecule has 6 heteroatoms. The van der Waals surface area contributed by atoms with E-state index in [1.807, 2.05) is 0 Å². The molecule has 0 aromatic carbocycles. The van der Waals surface area contributed by atoms with Crippen LogP contribution in [0.1, 0.15) is 20.8 Å². The van der Waals surface area contributed by atoms with E-state index in [9.17, 15) is 9.59 Å². The van der Waals surface area contributed by atoms with Crippen LogP contribution in [0.15, 0.2) is 0 Å². The summed E-state index contributed by atoms with van der Waals surface area (Å²) in [4.78, 5) is 25.9. The molecule has 1 aliphatic heterocycles. The third-order valence-electron chi connectivity index (χ3n) is 2.91. The van der Waals surface area contributed by atoms with Crippen molar-refractivity contribution in [2.75, 3.05) is 32.7 Å². The number of hydrogen-bond acceptors (Lipinski definition) is 3. The van der Waals surface area contributed by atoms with Gasteiger partial charge in [-0.25, -0.2) is 4.79 Å². The van der Waals surface area contributed by atoms with E-state index in [0.717, 1.165) is 13.1 Å². The van der Waals surface area contributed by atoms with E-state index in [1.165, 1.54) is 0 Å². The molecule has 0 aromatic heterocycles. The molecule has 0 saturated carbocycles. The molecular weight excluding hydrogens is 222 g/mol. The third kappa shape index (κ3) is 4.22. The summed E-state index contributed by atoms with van der Waals surface area (Å²) in [5, 5.41) is 10.8. The summed E-state index contributed by atoms with van der Waals surface area (Å²) in [6.07, 6.45) is 0. The maximum Gasteiger partial charge on any atom is 0.323 e. The highest BCUT2D eigenvalue weighted by molar-refractivity contribution is 5.80. The lowest BCUT2D eigenvalue weighted by Crippen LogP contribution is -2.56. The first-order valence-electron chi connectivity index (χ1n) is 5.80. The SMILES string of the molecule is CC(C)(C)N1CCN(C(=O)NCC(=O)O)CC1. The second-order valence-corrected chi connectivity index (χ2v) is 5.20. The summed E-state index contributed by atoms with van der Waals surface area (Å²) < 4.78 is 0. The predicted molar refractivity (Wildman–Crippen MR) is 63.9 cm³/mol. The first-order valence-corrected chi connectivity index (χ1v) is 5.80. The fourth-order valence-corrected chi connectivity index (χ4v) is 1.84. The Morgan fingerprint density at radius 2 is 1.71 bits per heavy atom. The number of carbonyl (C=O) groups excluding carboxylic acids is 1. The molecule has 6 nitrogen and oxygen atoms in total. The maximum absolute atomic E-state index is 11.6. The number of nitrogens with zero attached hydrogens (tertiary/aromatic N) is 2. The number of piperazine rings is 1. The number of urea groups is 1. The van der Waals surface area contributed by atoms with Crippen molar-refractivity contribution in [3.8, 4) is 0 Å². The van der Waals surface area contributed by atoms with Gasteiger partial charge in [0.2, 0.25) is 0 Å². The molecule has 0 unspecified atom stereocenters. The molecule has 0 bridgehead atoms. The topological polar surface area (TPSA) is 72.9 Å². The minimum absolute atomic E-state index is 0.115. The quantitative estimate of drug-likeness (QED) is 0.726. The Hall–Kier alpha value is -1.30. The Morgan fingerprint density at radius 1 is 1.18 bits per heavy atom. The Labute approximate surface area is 102 Å². The minimum atomic E-state index is -1.02. The van der Waals surface area contributed by atoms with Gasteiger partial charge in [-0.2, -0.15) is 0 Å². The summed E-state index contributed by atoms with van der Waals surface area (Å²) in [5.41, 5.74) is 0.115. The number of carbonyl (C=O) groups is 2. The lowest BCUT2D eigenvalue weighted by molar-refractivity contribution is -0.135. The van der Waals surface area contributed by atoms with Gasteiger partial charge in [-0.15, -0.1) is 0 Å². The normalized spacial score (nSPS) is 17.9. The van der Waals surface area contributed by atoms with Gasteiger partial charge in [0, 0.05) is 31.7 Å². The van der Waals surface area contributed by atoms with Gasteiger partial charge in [-0.1, -0.05) is 0 Å². The van der Waals surface area contributed by atoms with Crippen LogP contribution in [0.25, 0.3) is 0 Å². The lowest BCUT2D eigenvalue weighted by atomic mass is 10.1. The highest BCUT2D eigenvalue weighted by Crippen LogP contribution is 2.15. The standard InChI is InChI=1S/C11H21N3O3/c1-11(2,3)14-6-4-13(5-7-14)10(17)12-8-9(15)16/h4-8H2,1-3H3,(H,12,17)(H,15,16). The van der Waals surface area contributed by atoms with Gasteiger partial charge in [0.05, 0.1) is 0 Å². The molecule has 1 saturated heterocycles. The molecule has 0 aliphatic carbocycles. The summed E-state index contributed by atoms with van der Waals surface area (Å²) in [6.45, 7) is 9.05. The van der Waals surface area contributed by atoms with Crippen molar-refractivity contribution in [3.05, 3.63) is 0 Å². The third-order valence-corrected chi connectivity index (χ3v) is 2.91. The van der Waals surface area contributed by atoms with Crippen LogP contribution in [-0.4, -0.2) is 65.2 Å². The van der Waals surface area contributed by atoms with Gasteiger partial charge in [0.15, 0.2) is 0 Å². The monoisotopic (exact) mass is 243 g/mol. The molecule has 17 heavy (non-hydrogen) atoms. The molecule has 0 atom stereocenters. The summed E-state index contributed by atoms with van der Waals surface area (Å²) in [5.74, 6) is -1.02. The second kappa shape index (κ2) is 5.35. The number of carboxylic acid groups (broad SMARTS) is 1. The van der Waals surface area contributed by atoms with Gasteiger partial charge in [-0.3, -0.25) is 9.69 Å². The van der Waals surface area contributed by atoms with Crippen LogP contribution in [0.2, 0.25) is 0 Å². The van der Waals surface area contributed by atoms with Crippen LogP contribution >= 0.6 is 0 Å². The molecule has 2 amide bonds. The molecule has 1 heterocycles. The van der Waals surface area contributed by atoms with Crippen LogP contribution in [-0.2, 0) is 4.79 Å². The van der Waals surface area contributed by atoms with E-state index in [4.69, 9.17) is 5.11 Å². The zero-order valence-corrected chi connectivity index (χ0v) is 10.7. The number of rotatable bonds is 2. The number of aliphatic carboxylic acids is 1. The van der Waals surface area contributed by atoms with E-state index in [0.29, 0.717) is 13.1 Å². The lowest BCUT2D eigenvalue weighted by Gasteiger charge is -2.42. The first kappa shape index (κ1) is 13.8. The second-order valence-electron chi connectivity index (χ2n) is 5.20. The smallest absolute Gasteiger partial charge is 0.323 e. The average Bonchev–Trinajstić information content (AvgIpc) is 2.25. The van der Waals surface area contributed by atoms with Crippen LogP contribution in [0.3, 0.4) is 0 Å². The summed E-state index contributed by atoms with van der Waals surface area (Å²) >= 11 is 0. The van der Waals surface area contributed by atoms with Crippen molar-refractivity contribution < 1.29 is 14.7 Å². The Balaban J connectivity index is 2.36. The fourth-order valence-electron chi connectivity index (χ4n) is 1.84. The fraction of sp³-hybridized carbons (Fsp3) is 0.818. The molecule has 0 radical (unpaired) electrons. The van der Waals surface area contributed by atoms with Crippen LogP contribution < -0.4 is 5.32 Å². The largest absolute Gasteiger partial charge is 0.480 e. The number of hydrogen-bond donors (Lipinski definition) is 2. The summed E-state index contributed by atoms with van der Waals surface area (Å²) in [7, 11) is 0. The van der Waals surface area contributed by atoms with E-state index in [1.54, 1.807) is 4.90 Å². The van der Waals surface area contributed by atoms with Crippen LogP contribution in [0, 0.1) is 0 Å². The van der Waals surface area contributed by atoms with Crippen LogP contribution in [0.4, 0.5) is 4.79 Å². The van der Waals surface area contributed by atoms with Gasteiger partial charge >= 0.3 is 12.0 Å². The van der Waals surface area contributed by atoms with E-state index < -0.39 is 5.97 Å². The van der Waals surface area contributed by atoms with Crippen molar-refractivity contribution in [2.45, 2.75) is 26.3 Å². The average molecular weight is 243 g/mol. The zero-order valence-electron chi connectivity index (χ0n) is 10.7. The number of carboxylic acids is 1. The number of nitrogens with one attached hydrogen (secondary N) is 1. The Kier molecular flexibility index (Phi) is 4.34. The maximum atomic E-state index is 11.6. The van der Waals surface area contributed by atoms with Gasteiger partial charge in [0.1, 0.15) is 6.54 Å². The molecule has 1 rings (SSSR count). The molecule has 1 aliphatic rings. The van der Waals surface area contributed by atoms with Crippen molar-refractivity contribution in [1.29, 1.82) is 0 Å². The first-order chi connectivity index (χ1) is 7.80. The molecule has 98 valence electrons. The van der Waals surface area contributed by atoms with Gasteiger partial charge in [-0.05, 0) is 20.8 Å². The number of amides is 2. The molecule has 0 spiro atoms. The van der Waals surface area contributed by atoms with Crippen molar-refractivity contribution in [2.24, 2.45) is 0 Å². The summed E-state index contributed by atoms with van der Waals surface area (Å²) in [6, 6.07) is -0.291. The van der Waals surface area contributed by atoms with E-state index in [2.05, 4.69) is 31.0 Å². The predicted octanol–water partition coefficient (Wildman–Crippen LogP) is 0.197. The zero-order chi connectivity index (χ0) is 13.1. The van der Waals surface area contributed by atoms with Crippen molar-refractivity contribution in [1.82, 2.24) is 15.1 Å². The van der Waals surface area contributed by atoms with Crippen molar-refractivity contribution in [3.63, 3.8) is 0 Å². The Morgan fingerprint density at radius 3 is 2.12 bits per heavy atom. The van der Waals surface area contributed by atoms with Crippen molar-refractivity contribution >= 4 is 12.0 Å². The van der Waals surface area contributed by atoms with Gasteiger partial charge in [0.25, 0.3) is 0 Å². The molecule has 2 N–H and O–H groups in total. The minimum Gasteiger partial charge on any atom is -0.480 e. The Bertz CT molecular complexity index is 291. The highest BCUT2D eigenvalue weighted by atomic mass is 16.4. The highest BCUT2D eigenvalue weighted by Gasteiger charge is 2.27. The van der Waals surface area contributed by atoms with E-state index in [-0.39, 0.29) is 18.1 Å². The van der Waals surface area contributed by atoms with Crippen LogP contribution in [0.5, 0.6) is 0 Å². The van der Waals surface area contributed by atoms with Gasteiger partial charge < -0.3 is 15.3 Å².